The molecule has 1 heterocycles. The molecule has 114 valence electrons. The maximum atomic E-state index is 12.7. The van der Waals surface area contributed by atoms with E-state index < -0.39 is 10.0 Å². The van der Waals surface area contributed by atoms with Gasteiger partial charge < -0.3 is 0 Å². The van der Waals surface area contributed by atoms with Crippen molar-refractivity contribution in [3.63, 3.8) is 0 Å². The molecule has 21 heavy (non-hydrogen) atoms. The minimum absolute atomic E-state index is 0.0211. The minimum Gasteiger partial charge on any atom is -0.256 e. The van der Waals surface area contributed by atoms with E-state index in [1.165, 1.54) is 17.1 Å². The summed E-state index contributed by atoms with van der Waals surface area (Å²) >= 11 is 4.50. The molecule has 1 fully saturated rings. The lowest BCUT2D eigenvalue weighted by Gasteiger charge is -2.39. The zero-order valence-electron chi connectivity index (χ0n) is 11.9. The Labute approximate surface area is 131 Å². The second-order valence-corrected chi connectivity index (χ2v) is 8.16. The molecule has 0 bridgehead atoms. The summed E-state index contributed by atoms with van der Waals surface area (Å²) in [7, 11) is -3.48. The van der Waals surface area contributed by atoms with Crippen molar-refractivity contribution in [1.82, 2.24) is 4.31 Å². The molecule has 0 radical (unpaired) electrons. The van der Waals surface area contributed by atoms with Crippen LogP contribution in [0.25, 0.3) is 0 Å². The van der Waals surface area contributed by atoms with Crippen molar-refractivity contribution < 1.29 is 8.42 Å². The number of nitrogens with zero attached hydrogens (tertiary/aromatic N) is 2. The third-order valence-electron chi connectivity index (χ3n) is 4.52. The van der Waals surface area contributed by atoms with E-state index in [1.807, 2.05) is 0 Å². The van der Waals surface area contributed by atoms with E-state index in [9.17, 15) is 8.42 Å². The summed E-state index contributed by atoms with van der Waals surface area (Å²) < 4.78 is 26.9. The Hall–Kier alpha value is -1.01. The molecule has 0 spiro atoms. The molecule has 3 rings (SSSR count). The summed E-state index contributed by atoms with van der Waals surface area (Å²) in [4.78, 5) is 4.60. The maximum absolute atomic E-state index is 12.7. The molecule has 0 aromatic heterocycles. The van der Waals surface area contributed by atoms with E-state index in [1.54, 1.807) is 24.3 Å². The highest BCUT2D eigenvalue weighted by molar-refractivity contribution is 7.89. The number of hydrogen-bond acceptors (Lipinski definition) is 4. The number of para-hydroxylation sites is 1. The first kappa shape index (κ1) is 14.9. The zero-order valence-corrected chi connectivity index (χ0v) is 13.6. The van der Waals surface area contributed by atoms with Crippen LogP contribution in [0.4, 0.5) is 5.69 Å². The van der Waals surface area contributed by atoms with Crippen molar-refractivity contribution in [1.29, 1.82) is 0 Å². The summed E-state index contributed by atoms with van der Waals surface area (Å²) in [5, 5.41) is 0. The van der Waals surface area contributed by atoms with Gasteiger partial charge in [-0.3, -0.25) is 4.31 Å². The molecule has 4 nitrogen and oxygen atoms in total. The molecule has 1 aliphatic heterocycles. The first-order valence-electron chi connectivity index (χ1n) is 7.33. The smallest absolute Gasteiger partial charge is 0.256 e. The van der Waals surface area contributed by atoms with Crippen molar-refractivity contribution in [3.05, 3.63) is 24.3 Å². The van der Waals surface area contributed by atoms with E-state index in [0.717, 1.165) is 25.7 Å². The van der Waals surface area contributed by atoms with Gasteiger partial charge in [0.25, 0.3) is 10.0 Å². The molecule has 1 aromatic rings. The van der Waals surface area contributed by atoms with Gasteiger partial charge in [0.15, 0.2) is 0 Å². The Bertz CT molecular complexity index is 649. The third kappa shape index (κ3) is 2.71. The maximum Gasteiger partial charge on any atom is 0.267 e. The SMILES string of the molecule is O=S1(=O)c2ccccc2N=CN1CC1(CS)CCCCC1. The number of benzene rings is 1. The zero-order chi connectivity index (χ0) is 14.9. The first-order valence-corrected chi connectivity index (χ1v) is 9.41. The van der Waals surface area contributed by atoms with E-state index in [-0.39, 0.29) is 5.41 Å². The topological polar surface area (TPSA) is 49.7 Å². The summed E-state index contributed by atoms with van der Waals surface area (Å²) in [5.74, 6) is 0.717. The Morgan fingerprint density at radius 3 is 2.62 bits per heavy atom. The fourth-order valence-corrected chi connectivity index (χ4v) is 5.14. The third-order valence-corrected chi connectivity index (χ3v) is 6.93. The van der Waals surface area contributed by atoms with Gasteiger partial charge in [0.2, 0.25) is 0 Å². The molecule has 0 saturated heterocycles. The van der Waals surface area contributed by atoms with Crippen molar-refractivity contribution >= 4 is 34.7 Å². The molecular weight excluding hydrogens is 304 g/mol. The lowest BCUT2D eigenvalue weighted by Crippen LogP contribution is -2.43. The fraction of sp³-hybridized carbons (Fsp3) is 0.533. The lowest BCUT2D eigenvalue weighted by molar-refractivity contribution is 0.200. The number of rotatable bonds is 3. The molecule has 1 aliphatic carbocycles. The van der Waals surface area contributed by atoms with Gasteiger partial charge in [0.1, 0.15) is 11.2 Å². The minimum atomic E-state index is -3.48. The summed E-state index contributed by atoms with van der Waals surface area (Å²) in [6, 6.07) is 6.90. The van der Waals surface area contributed by atoms with Gasteiger partial charge in [-0.2, -0.15) is 12.6 Å². The van der Waals surface area contributed by atoms with Gasteiger partial charge in [0.05, 0.1) is 5.69 Å². The van der Waals surface area contributed by atoms with Crippen LogP contribution in [0, 0.1) is 5.41 Å². The Morgan fingerprint density at radius 1 is 1.19 bits per heavy atom. The van der Waals surface area contributed by atoms with Gasteiger partial charge in [-0.15, -0.1) is 0 Å². The highest BCUT2D eigenvalue weighted by Gasteiger charge is 2.37. The van der Waals surface area contributed by atoms with Crippen molar-refractivity contribution in [3.8, 4) is 0 Å². The van der Waals surface area contributed by atoms with E-state index in [2.05, 4.69) is 17.6 Å². The molecule has 1 saturated carbocycles. The standard InChI is InChI=1S/C15H20N2O2S2/c18-21(19)14-7-3-2-6-13(14)16-12-17(21)10-15(11-20)8-4-1-5-9-15/h2-3,6-7,12,20H,1,4-5,8-11H2. The van der Waals surface area contributed by atoms with Crippen LogP contribution in [0.5, 0.6) is 0 Å². The first-order chi connectivity index (χ1) is 10.1. The van der Waals surface area contributed by atoms with Gasteiger partial charge in [-0.1, -0.05) is 31.4 Å². The number of hydrogen-bond donors (Lipinski definition) is 1. The van der Waals surface area contributed by atoms with Crippen molar-refractivity contribution in [2.45, 2.75) is 37.0 Å². The fourth-order valence-electron chi connectivity index (χ4n) is 3.22. The van der Waals surface area contributed by atoms with Crippen LogP contribution >= 0.6 is 12.6 Å². The Morgan fingerprint density at radius 2 is 1.90 bits per heavy atom. The molecule has 0 atom stereocenters. The molecule has 0 amide bonds. The second-order valence-electron chi connectivity index (χ2n) is 5.98. The molecule has 0 unspecified atom stereocenters. The van der Waals surface area contributed by atoms with Crippen LogP contribution in [0.1, 0.15) is 32.1 Å². The highest BCUT2D eigenvalue weighted by atomic mass is 32.2. The van der Waals surface area contributed by atoms with Crippen LogP contribution in [0.2, 0.25) is 0 Å². The van der Waals surface area contributed by atoms with Crippen LogP contribution < -0.4 is 0 Å². The Kier molecular flexibility index (Phi) is 4.01. The summed E-state index contributed by atoms with van der Waals surface area (Å²) in [6.07, 6.45) is 7.09. The molecule has 2 aliphatic rings. The predicted octanol–water partition coefficient (Wildman–Crippen LogP) is 3.23. The van der Waals surface area contributed by atoms with Gasteiger partial charge >= 0.3 is 0 Å². The summed E-state index contributed by atoms with van der Waals surface area (Å²) in [5.41, 5.74) is 0.504. The van der Waals surface area contributed by atoms with Crippen molar-refractivity contribution in [2.24, 2.45) is 10.4 Å². The van der Waals surface area contributed by atoms with E-state index in [0.29, 0.717) is 22.9 Å². The molecule has 1 aromatic carbocycles. The van der Waals surface area contributed by atoms with Gasteiger partial charge in [0, 0.05) is 6.54 Å². The molecule has 6 heteroatoms. The quantitative estimate of drug-likeness (QED) is 0.868. The molecular formula is C15H20N2O2S2. The monoisotopic (exact) mass is 324 g/mol. The number of fused-ring (bicyclic) bond motifs is 1. The lowest BCUT2D eigenvalue weighted by atomic mass is 9.75. The van der Waals surface area contributed by atoms with Crippen LogP contribution in [0.15, 0.2) is 34.2 Å². The van der Waals surface area contributed by atoms with Crippen LogP contribution in [-0.4, -0.2) is 31.4 Å². The number of sulfonamides is 1. The van der Waals surface area contributed by atoms with Gasteiger partial charge in [-0.25, -0.2) is 13.4 Å². The number of thiol groups is 1. The second kappa shape index (κ2) is 5.65. The van der Waals surface area contributed by atoms with Crippen LogP contribution in [0.3, 0.4) is 0 Å². The van der Waals surface area contributed by atoms with Crippen LogP contribution in [-0.2, 0) is 10.0 Å². The van der Waals surface area contributed by atoms with Crippen molar-refractivity contribution in [2.75, 3.05) is 12.3 Å². The average molecular weight is 324 g/mol. The van der Waals surface area contributed by atoms with Gasteiger partial charge in [-0.05, 0) is 36.1 Å². The van der Waals surface area contributed by atoms with E-state index >= 15 is 0 Å². The Balaban J connectivity index is 1.91. The molecule has 0 N–H and O–H groups in total. The highest BCUT2D eigenvalue weighted by Crippen LogP contribution is 2.40. The largest absolute Gasteiger partial charge is 0.267 e. The normalized spacial score (nSPS) is 22.8. The predicted molar refractivity (Wildman–Crippen MR) is 87.9 cm³/mol. The number of aliphatic imine (C=N–C) groups is 1. The summed E-state index contributed by atoms with van der Waals surface area (Å²) in [6.45, 7) is 0.483. The van der Waals surface area contributed by atoms with E-state index in [4.69, 9.17) is 0 Å². The average Bonchev–Trinajstić information content (AvgIpc) is 2.51.